The average Bonchev–Trinajstić information content (AvgIpc) is 2.28. The molecule has 0 saturated carbocycles. The van der Waals surface area contributed by atoms with Gasteiger partial charge in [0.05, 0.1) is 5.92 Å². The first-order valence-electron chi connectivity index (χ1n) is 5.40. The van der Waals surface area contributed by atoms with E-state index in [-0.39, 0.29) is 18.8 Å². The molecule has 0 bridgehead atoms. The zero-order chi connectivity index (χ0) is 12.5. The molecule has 1 atom stereocenters. The van der Waals surface area contributed by atoms with Crippen LogP contribution < -0.4 is 4.90 Å². The van der Waals surface area contributed by atoms with Crippen LogP contribution in [-0.4, -0.2) is 24.2 Å². The lowest BCUT2D eigenvalue weighted by atomic mass is 9.97. The van der Waals surface area contributed by atoms with E-state index in [0.29, 0.717) is 13.0 Å². The van der Waals surface area contributed by atoms with Crippen molar-refractivity contribution in [1.29, 1.82) is 0 Å². The van der Waals surface area contributed by atoms with Crippen molar-refractivity contribution in [3.8, 4) is 0 Å². The van der Waals surface area contributed by atoms with Gasteiger partial charge in [0.2, 0.25) is 0 Å². The van der Waals surface area contributed by atoms with Gasteiger partial charge in [-0.05, 0) is 18.9 Å². The Morgan fingerprint density at radius 2 is 2.12 bits per heavy atom. The minimum atomic E-state index is -4.19. The number of hydrogen-bond acceptors (Lipinski definition) is 2. The fourth-order valence-electron chi connectivity index (χ4n) is 2.02. The number of halogens is 4. The highest BCUT2D eigenvalue weighted by Gasteiger charge is 2.42. The van der Waals surface area contributed by atoms with Gasteiger partial charge in [0.25, 0.3) is 0 Å². The first kappa shape index (κ1) is 12.1. The molecule has 1 aromatic rings. The normalized spacial score (nSPS) is 21.6. The van der Waals surface area contributed by atoms with Crippen molar-refractivity contribution in [2.24, 2.45) is 5.92 Å². The van der Waals surface area contributed by atoms with Crippen molar-refractivity contribution in [2.45, 2.75) is 19.0 Å². The van der Waals surface area contributed by atoms with Crippen LogP contribution in [0.5, 0.6) is 0 Å². The molecule has 0 aromatic carbocycles. The van der Waals surface area contributed by atoms with Gasteiger partial charge in [-0.3, -0.25) is 0 Å². The fraction of sp³-hybridized carbons (Fsp3) is 0.545. The summed E-state index contributed by atoms with van der Waals surface area (Å²) in [5.41, 5.74) is 0. The van der Waals surface area contributed by atoms with Gasteiger partial charge in [0, 0.05) is 25.4 Å². The first-order chi connectivity index (χ1) is 7.97. The lowest BCUT2D eigenvalue weighted by Gasteiger charge is -2.34. The number of pyridine rings is 1. The summed E-state index contributed by atoms with van der Waals surface area (Å²) in [6, 6.07) is 2.34. The largest absolute Gasteiger partial charge is 0.393 e. The first-order valence-corrected chi connectivity index (χ1v) is 5.40. The zero-order valence-corrected chi connectivity index (χ0v) is 9.04. The molecule has 1 aliphatic rings. The summed E-state index contributed by atoms with van der Waals surface area (Å²) < 4.78 is 50.7. The summed E-state index contributed by atoms with van der Waals surface area (Å²) in [6.07, 6.45) is -2.34. The van der Waals surface area contributed by atoms with Crippen LogP contribution in [0.4, 0.5) is 23.4 Å². The minimum absolute atomic E-state index is 0.134. The van der Waals surface area contributed by atoms with Gasteiger partial charge in [-0.15, -0.1) is 0 Å². The summed E-state index contributed by atoms with van der Waals surface area (Å²) in [6.45, 7) is 0.350. The molecule has 0 amide bonds. The maximum atomic E-state index is 13.0. The Hall–Kier alpha value is -1.33. The van der Waals surface area contributed by atoms with Crippen molar-refractivity contribution >= 4 is 5.82 Å². The molecule has 2 rings (SSSR count). The SMILES string of the molecule is Fc1ccnc(N2CCCC(C(F)(F)F)C2)c1. The van der Waals surface area contributed by atoms with Gasteiger partial charge in [-0.2, -0.15) is 13.2 Å². The number of anilines is 1. The highest BCUT2D eigenvalue weighted by atomic mass is 19.4. The highest BCUT2D eigenvalue weighted by Crippen LogP contribution is 2.34. The molecule has 1 fully saturated rings. The average molecular weight is 248 g/mol. The number of rotatable bonds is 1. The Labute approximate surface area is 96.3 Å². The molecular weight excluding hydrogens is 236 g/mol. The zero-order valence-electron chi connectivity index (χ0n) is 9.04. The Kier molecular flexibility index (Phi) is 3.22. The minimum Gasteiger partial charge on any atom is -0.356 e. The van der Waals surface area contributed by atoms with E-state index in [0.717, 1.165) is 0 Å². The van der Waals surface area contributed by atoms with Gasteiger partial charge < -0.3 is 4.90 Å². The third-order valence-corrected chi connectivity index (χ3v) is 2.92. The summed E-state index contributed by atoms with van der Waals surface area (Å²) in [5.74, 6) is -1.55. The molecule has 0 spiro atoms. The lowest BCUT2D eigenvalue weighted by molar-refractivity contribution is -0.176. The van der Waals surface area contributed by atoms with Crippen molar-refractivity contribution < 1.29 is 17.6 Å². The van der Waals surface area contributed by atoms with Crippen molar-refractivity contribution in [3.05, 3.63) is 24.1 Å². The number of nitrogens with zero attached hydrogens (tertiary/aromatic N) is 2. The molecule has 1 aromatic heterocycles. The van der Waals surface area contributed by atoms with Crippen LogP contribution >= 0.6 is 0 Å². The summed E-state index contributed by atoms with van der Waals surface area (Å²) >= 11 is 0. The van der Waals surface area contributed by atoms with Gasteiger partial charge in [0.15, 0.2) is 0 Å². The van der Waals surface area contributed by atoms with E-state index in [9.17, 15) is 17.6 Å². The molecule has 1 unspecified atom stereocenters. The van der Waals surface area contributed by atoms with Gasteiger partial charge in [-0.1, -0.05) is 0 Å². The quantitative estimate of drug-likeness (QED) is 0.710. The summed E-state index contributed by atoms with van der Waals surface area (Å²) in [7, 11) is 0. The molecule has 1 aliphatic heterocycles. The van der Waals surface area contributed by atoms with Gasteiger partial charge in [0.1, 0.15) is 11.6 Å². The Balaban J connectivity index is 2.12. The van der Waals surface area contributed by atoms with E-state index >= 15 is 0 Å². The molecule has 17 heavy (non-hydrogen) atoms. The van der Waals surface area contributed by atoms with Crippen molar-refractivity contribution in [3.63, 3.8) is 0 Å². The Morgan fingerprint density at radius 1 is 1.35 bits per heavy atom. The standard InChI is InChI=1S/C11H12F4N2/c12-9-3-4-16-10(6-9)17-5-1-2-8(7-17)11(13,14)15/h3-4,6,8H,1-2,5,7H2. The van der Waals surface area contributed by atoms with Crippen LogP contribution in [0.1, 0.15) is 12.8 Å². The molecular formula is C11H12F4N2. The maximum absolute atomic E-state index is 13.0. The number of hydrogen-bond donors (Lipinski definition) is 0. The van der Waals surface area contributed by atoms with E-state index in [1.54, 1.807) is 0 Å². The van der Waals surface area contributed by atoms with Gasteiger partial charge >= 0.3 is 6.18 Å². The van der Waals surface area contributed by atoms with E-state index < -0.39 is 17.9 Å². The molecule has 0 aliphatic carbocycles. The van der Waals surface area contributed by atoms with E-state index in [1.807, 2.05) is 0 Å². The number of aromatic nitrogens is 1. The summed E-state index contributed by atoms with van der Waals surface area (Å²) in [4.78, 5) is 5.39. The predicted molar refractivity (Wildman–Crippen MR) is 55.2 cm³/mol. The van der Waals surface area contributed by atoms with Crippen LogP contribution in [0, 0.1) is 11.7 Å². The molecule has 2 nitrogen and oxygen atoms in total. The second-order valence-corrected chi connectivity index (χ2v) is 4.16. The Bertz CT molecular complexity index is 391. The third kappa shape index (κ3) is 2.87. The maximum Gasteiger partial charge on any atom is 0.393 e. The predicted octanol–water partition coefficient (Wildman–Crippen LogP) is 3.00. The third-order valence-electron chi connectivity index (χ3n) is 2.92. The van der Waals surface area contributed by atoms with E-state index in [1.165, 1.54) is 23.2 Å². The van der Waals surface area contributed by atoms with Crippen LogP contribution in [0.25, 0.3) is 0 Å². The molecule has 6 heteroatoms. The van der Waals surface area contributed by atoms with Crippen LogP contribution in [-0.2, 0) is 0 Å². The molecule has 0 radical (unpaired) electrons. The monoisotopic (exact) mass is 248 g/mol. The van der Waals surface area contributed by atoms with Crippen LogP contribution in [0.2, 0.25) is 0 Å². The van der Waals surface area contributed by atoms with Crippen LogP contribution in [0.15, 0.2) is 18.3 Å². The van der Waals surface area contributed by atoms with Crippen molar-refractivity contribution in [2.75, 3.05) is 18.0 Å². The lowest BCUT2D eigenvalue weighted by Crippen LogP contribution is -2.42. The molecule has 1 saturated heterocycles. The van der Waals surface area contributed by atoms with E-state index in [4.69, 9.17) is 0 Å². The van der Waals surface area contributed by atoms with Crippen LogP contribution in [0.3, 0.4) is 0 Å². The second kappa shape index (κ2) is 4.50. The fourth-order valence-corrected chi connectivity index (χ4v) is 2.02. The van der Waals surface area contributed by atoms with E-state index in [2.05, 4.69) is 4.98 Å². The number of piperidine rings is 1. The number of alkyl halides is 3. The summed E-state index contributed by atoms with van der Waals surface area (Å²) in [5, 5.41) is 0. The Morgan fingerprint density at radius 3 is 2.76 bits per heavy atom. The highest BCUT2D eigenvalue weighted by molar-refractivity contribution is 5.38. The van der Waals surface area contributed by atoms with Crippen molar-refractivity contribution in [1.82, 2.24) is 4.98 Å². The topological polar surface area (TPSA) is 16.1 Å². The molecule has 2 heterocycles. The smallest absolute Gasteiger partial charge is 0.356 e. The molecule has 94 valence electrons. The second-order valence-electron chi connectivity index (χ2n) is 4.16. The molecule has 0 N–H and O–H groups in total. The van der Waals surface area contributed by atoms with Gasteiger partial charge in [-0.25, -0.2) is 9.37 Å².